The molecular formula is C22H23BrN2O4. The standard InChI is InChI=1S/C22H23BrN2O4/c1-13-4-6-18(9-14(13)2)25-11-16(10-21(25)27)22(28)29-12-20(26)24-17-5-7-19(23)15(3)8-17/h4-9,16H,10-12H2,1-3H3,(H,24,26)/t16-/m1/s1. The summed E-state index contributed by atoms with van der Waals surface area (Å²) >= 11 is 3.40. The van der Waals surface area contributed by atoms with Gasteiger partial charge < -0.3 is 15.0 Å². The Bertz CT molecular complexity index is 973. The molecule has 152 valence electrons. The summed E-state index contributed by atoms with van der Waals surface area (Å²) in [6.07, 6.45) is 0.0826. The van der Waals surface area contributed by atoms with Gasteiger partial charge in [0.05, 0.1) is 5.92 Å². The minimum Gasteiger partial charge on any atom is -0.455 e. The van der Waals surface area contributed by atoms with E-state index in [1.807, 2.05) is 51.1 Å². The van der Waals surface area contributed by atoms with E-state index in [1.54, 1.807) is 11.0 Å². The molecule has 0 bridgehead atoms. The van der Waals surface area contributed by atoms with Gasteiger partial charge in [0, 0.05) is 28.8 Å². The van der Waals surface area contributed by atoms with E-state index in [9.17, 15) is 14.4 Å². The Hall–Kier alpha value is -2.67. The predicted octanol–water partition coefficient (Wildman–Crippen LogP) is 3.91. The fourth-order valence-electron chi connectivity index (χ4n) is 3.18. The fraction of sp³-hybridized carbons (Fsp3) is 0.318. The molecule has 2 aromatic carbocycles. The number of amides is 2. The topological polar surface area (TPSA) is 75.7 Å². The van der Waals surface area contributed by atoms with E-state index in [0.717, 1.165) is 26.9 Å². The van der Waals surface area contributed by atoms with E-state index in [0.29, 0.717) is 5.69 Å². The van der Waals surface area contributed by atoms with Crippen molar-refractivity contribution < 1.29 is 19.1 Å². The molecule has 0 aliphatic carbocycles. The first kappa shape index (κ1) is 21.0. The van der Waals surface area contributed by atoms with Gasteiger partial charge in [-0.15, -0.1) is 0 Å². The molecule has 0 aromatic heterocycles. The molecule has 6 nitrogen and oxygen atoms in total. The first-order chi connectivity index (χ1) is 13.7. The van der Waals surface area contributed by atoms with Crippen LogP contribution < -0.4 is 10.2 Å². The minimum atomic E-state index is -0.577. The average molecular weight is 459 g/mol. The van der Waals surface area contributed by atoms with Gasteiger partial charge in [-0.3, -0.25) is 14.4 Å². The molecule has 29 heavy (non-hydrogen) atoms. The summed E-state index contributed by atoms with van der Waals surface area (Å²) in [5.74, 6) is -1.65. The van der Waals surface area contributed by atoms with Gasteiger partial charge in [-0.2, -0.15) is 0 Å². The van der Waals surface area contributed by atoms with Gasteiger partial charge in [0.15, 0.2) is 6.61 Å². The highest BCUT2D eigenvalue weighted by atomic mass is 79.9. The Balaban J connectivity index is 1.54. The number of carbonyl (C=O) groups excluding carboxylic acids is 3. The molecule has 0 saturated carbocycles. The Kier molecular flexibility index (Phi) is 6.37. The van der Waals surface area contributed by atoms with Gasteiger partial charge in [0.1, 0.15) is 0 Å². The van der Waals surface area contributed by atoms with Crippen LogP contribution in [-0.2, 0) is 19.1 Å². The van der Waals surface area contributed by atoms with Gasteiger partial charge >= 0.3 is 5.97 Å². The van der Waals surface area contributed by atoms with Crippen molar-refractivity contribution >= 4 is 45.1 Å². The second-order valence-corrected chi connectivity index (χ2v) is 8.15. The van der Waals surface area contributed by atoms with Crippen LogP contribution in [0.1, 0.15) is 23.1 Å². The van der Waals surface area contributed by atoms with Crippen LogP contribution in [0.2, 0.25) is 0 Å². The SMILES string of the molecule is Cc1ccc(N2C[C@H](C(=O)OCC(=O)Nc3ccc(Br)c(C)c3)CC2=O)cc1C. The lowest BCUT2D eigenvalue weighted by molar-refractivity contribution is -0.151. The normalized spacial score (nSPS) is 16.1. The zero-order valence-electron chi connectivity index (χ0n) is 16.6. The Morgan fingerprint density at radius 2 is 1.86 bits per heavy atom. The van der Waals surface area contributed by atoms with Crippen molar-refractivity contribution in [1.29, 1.82) is 0 Å². The van der Waals surface area contributed by atoms with Crippen LogP contribution in [-0.4, -0.2) is 30.9 Å². The minimum absolute atomic E-state index is 0.0826. The van der Waals surface area contributed by atoms with Gasteiger partial charge in [0.2, 0.25) is 5.91 Å². The third-order valence-corrected chi connectivity index (χ3v) is 5.94. The number of nitrogens with zero attached hydrogens (tertiary/aromatic N) is 1. The predicted molar refractivity (Wildman–Crippen MR) is 115 cm³/mol. The zero-order chi connectivity index (χ0) is 21.1. The molecule has 1 fully saturated rings. The van der Waals surface area contributed by atoms with E-state index < -0.39 is 17.8 Å². The number of rotatable bonds is 5. The third-order valence-electron chi connectivity index (χ3n) is 5.05. The molecule has 0 unspecified atom stereocenters. The number of benzene rings is 2. The number of esters is 1. The molecule has 7 heteroatoms. The average Bonchev–Trinajstić information content (AvgIpc) is 3.07. The van der Waals surface area contributed by atoms with Crippen molar-refractivity contribution in [2.75, 3.05) is 23.4 Å². The summed E-state index contributed by atoms with van der Waals surface area (Å²) in [7, 11) is 0. The number of aryl methyl sites for hydroxylation is 3. The molecule has 2 amide bonds. The van der Waals surface area contributed by atoms with Crippen LogP contribution in [0.4, 0.5) is 11.4 Å². The lowest BCUT2D eigenvalue weighted by Gasteiger charge is -2.17. The van der Waals surface area contributed by atoms with Crippen LogP contribution in [0.5, 0.6) is 0 Å². The number of carbonyl (C=O) groups is 3. The van der Waals surface area contributed by atoms with Crippen LogP contribution >= 0.6 is 15.9 Å². The summed E-state index contributed by atoms with van der Waals surface area (Å²) in [5, 5.41) is 2.70. The molecule has 2 aromatic rings. The van der Waals surface area contributed by atoms with Gasteiger partial charge in [-0.05, 0) is 67.8 Å². The van der Waals surface area contributed by atoms with E-state index in [4.69, 9.17) is 4.74 Å². The first-order valence-electron chi connectivity index (χ1n) is 9.35. The van der Waals surface area contributed by atoms with Crippen molar-refractivity contribution in [3.05, 3.63) is 57.6 Å². The third kappa shape index (κ3) is 5.03. The number of hydrogen-bond donors (Lipinski definition) is 1. The quantitative estimate of drug-likeness (QED) is 0.689. The molecule has 1 atom stereocenters. The highest BCUT2D eigenvalue weighted by Gasteiger charge is 2.36. The number of nitrogens with one attached hydrogen (secondary N) is 1. The fourth-order valence-corrected chi connectivity index (χ4v) is 3.43. The summed E-state index contributed by atoms with van der Waals surface area (Å²) in [6.45, 7) is 5.77. The molecule has 1 N–H and O–H groups in total. The van der Waals surface area contributed by atoms with Crippen LogP contribution in [0.25, 0.3) is 0 Å². The van der Waals surface area contributed by atoms with Crippen molar-refractivity contribution in [2.24, 2.45) is 5.92 Å². The highest BCUT2D eigenvalue weighted by molar-refractivity contribution is 9.10. The van der Waals surface area contributed by atoms with Crippen LogP contribution in [0, 0.1) is 26.7 Å². The lowest BCUT2D eigenvalue weighted by Crippen LogP contribution is -2.28. The second-order valence-electron chi connectivity index (χ2n) is 7.29. The number of halogens is 1. The summed E-state index contributed by atoms with van der Waals surface area (Å²) < 4.78 is 6.10. The number of anilines is 2. The van der Waals surface area contributed by atoms with Gasteiger partial charge in [-0.25, -0.2) is 0 Å². The van der Waals surface area contributed by atoms with Crippen LogP contribution in [0.3, 0.4) is 0 Å². The second kappa shape index (κ2) is 8.78. The zero-order valence-corrected chi connectivity index (χ0v) is 18.2. The maximum atomic E-state index is 12.4. The van der Waals surface area contributed by atoms with Crippen LogP contribution in [0.15, 0.2) is 40.9 Å². The first-order valence-corrected chi connectivity index (χ1v) is 10.1. The van der Waals surface area contributed by atoms with Gasteiger partial charge in [0.25, 0.3) is 5.91 Å². The molecule has 1 heterocycles. The van der Waals surface area contributed by atoms with E-state index in [2.05, 4.69) is 21.2 Å². The van der Waals surface area contributed by atoms with Crippen molar-refractivity contribution in [2.45, 2.75) is 27.2 Å². The van der Waals surface area contributed by atoms with E-state index >= 15 is 0 Å². The maximum Gasteiger partial charge on any atom is 0.311 e. The number of hydrogen-bond acceptors (Lipinski definition) is 4. The maximum absolute atomic E-state index is 12.4. The van der Waals surface area contributed by atoms with Crippen molar-refractivity contribution in [3.8, 4) is 0 Å². The molecular weight excluding hydrogens is 436 g/mol. The van der Waals surface area contributed by atoms with E-state index in [-0.39, 0.29) is 25.5 Å². The molecule has 1 aliphatic rings. The molecule has 0 radical (unpaired) electrons. The summed E-state index contributed by atoms with van der Waals surface area (Å²) in [5.41, 5.74) is 4.61. The highest BCUT2D eigenvalue weighted by Crippen LogP contribution is 2.27. The van der Waals surface area contributed by atoms with Crippen molar-refractivity contribution in [1.82, 2.24) is 0 Å². The summed E-state index contributed by atoms with van der Waals surface area (Å²) in [4.78, 5) is 38.4. The molecule has 3 rings (SSSR count). The molecule has 1 saturated heterocycles. The smallest absolute Gasteiger partial charge is 0.311 e. The monoisotopic (exact) mass is 458 g/mol. The summed E-state index contributed by atoms with van der Waals surface area (Å²) in [6, 6.07) is 11.2. The number of ether oxygens (including phenoxy) is 1. The molecule has 1 aliphatic heterocycles. The Morgan fingerprint density at radius 1 is 1.10 bits per heavy atom. The largest absolute Gasteiger partial charge is 0.455 e. The Labute approximate surface area is 178 Å². The lowest BCUT2D eigenvalue weighted by atomic mass is 10.1. The van der Waals surface area contributed by atoms with Crippen molar-refractivity contribution in [3.63, 3.8) is 0 Å². The Morgan fingerprint density at radius 3 is 2.55 bits per heavy atom. The van der Waals surface area contributed by atoms with Gasteiger partial charge in [-0.1, -0.05) is 22.0 Å². The molecule has 0 spiro atoms. The van der Waals surface area contributed by atoms with E-state index in [1.165, 1.54) is 0 Å².